The molecule has 0 saturated heterocycles. The summed E-state index contributed by atoms with van der Waals surface area (Å²) in [7, 11) is 1.61. The molecule has 0 saturated carbocycles. The first kappa shape index (κ1) is 17.1. The van der Waals surface area contributed by atoms with E-state index in [-0.39, 0.29) is 0 Å². The number of hydrogen-bond acceptors (Lipinski definition) is 5. The van der Waals surface area contributed by atoms with Crippen molar-refractivity contribution in [3.8, 4) is 16.9 Å². The van der Waals surface area contributed by atoms with Crippen molar-refractivity contribution in [2.24, 2.45) is 0 Å². The highest BCUT2D eigenvalue weighted by Gasteiger charge is 2.23. The van der Waals surface area contributed by atoms with Crippen molar-refractivity contribution in [1.29, 1.82) is 0 Å². The molecule has 2 heterocycles. The Morgan fingerprint density at radius 1 is 0.862 bits per heavy atom. The number of rotatable bonds is 4. The van der Waals surface area contributed by atoms with E-state index in [9.17, 15) is 4.79 Å². The molecule has 5 heteroatoms. The molecule has 3 aromatic carbocycles. The summed E-state index contributed by atoms with van der Waals surface area (Å²) in [6.45, 7) is 0. The lowest BCUT2D eigenvalue weighted by Crippen LogP contribution is -2.00. The molecule has 2 aromatic heterocycles. The number of benzene rings is 3. The summed E-state index contributed by atoms with van der Waals surface area (Å²) in [6, 6.07) is 24.5. The number of fused-ring (bicyclic) bond motifs is 3. The topological polar surface area (TPSA) is 64.6 Å². The Balaban J connectivity index is 1.85. The van der Waals surface area contributed by atoms with Crippen LogP contribution in [0.3, 0.4) is 0 Å². The number of para-hydroxylation sites is 2. The Kier molecular flexibility index (Phi) is 4.06. The molecule has 142 valence electrons. The second-order valence-corrected chi connectivity index (χ2v) is 6.62. The zero-order chi connectivity index (χ0) is 19.8. The normalized spacial score (nSPS) is 11.1. The Labute approximate surface area is 166 Å². The zero-order valence-electron chi connectivity index (χ0n) is 15.6. The molecule has 29 heavy (non-hydrogen) atoms. The largest absolute Gasteiger partial charge is 0.497 e. The molecule has 5 rings (SSSR count). The van der Waals surface area contributed by atoms with E-state index in [4.69, 9.17) is 13.6 Å². The summed E-state index contributed by atoms with van der Waals surface area (Å²) < 4.78 is 17.2. The average Bonchev–Trinajstić information content (AvgIpc) is 3.14. The van der Waals surface area contributed by atoms with Gasteiger partial charge in [0.25, 0.3) is 0 Å². The molecular weight excluding hydrogens is 366 g/mol. The smallest absolute Gasteiger partial charge is 0.348 e. The van der Waals surface area contributed by atoms with Crippen molar-refractivity contribution < 1.29 is 13.6 Å². The predicted octanol–water partition coefficient (Wildman–Crippen LogP) is 5.96. The lowest BCUT2D eigenvalue weighted by Gasteiger charge is -2.07. The number of ether oxygens (including phenoxy) is 1. The van der Waals surface area contributed by atoms with Crippen LogP contribution in [0.5, 0.6) is 5.75 Å². The van der Waals surface area contributed by atoms with Crippen LogP contribution in [0.2, 0.25) is 0 Å². The molecule has 0 fully saturated rings. The fraction of sp³-hybridized carbons (Fsp3) is 0.0417. The fourth-order valence-corrected chi connectivity index (χ4v) is 3.50. The molecule has 5 aromatic rings. The fourth-order valence-electron chi connectivity index (χ4n) is 3.50. The van der Waals surface area contributed by atoms with Gasteiger partial charge in [0.1, 0.15) is 16.7 Å². The predicted molar refractivity (Wildman–Crippen MR) is 114 cm³/mol. The number of furan rings is 1. The highest BCUT2D eigenvalue weighted by Crippen LogP contribution is 2.41. The van der Waals surface area contributed by atoms with Crippen molar-refractivity contribution in [3.63, 3.8) is 0 Å². The maximum absolute atomic E-state index is 12.9. The van der Waals surface area contributed by atoms with Gasteiger partial charge < -0.3 is 18.9 Å². The number of hydrogen-bond donors (Lipinski definition) is 1. The molecular formula is C24H17NO4. The van der Waals surface area contributed by atoms with Crippen LogP contribution in [0.15, 0.2) is 92.5 Å². The minimum Gasteiger partial charge on any atom is -0.497 e. The van der Waals surface area contributed by atoms with E-state index in [2.05, 4.69) is 5.32 Å². The molecule has 0 amide bonds. The lowest BCUT2D eigenvalue weighted by molar-refractivity contribution is 0.415. The monoisotopic (exact) mass is 383 g/mol. The molecule has 0 bridgehead atoms. The highest BCUT2D eigenvalue weighted by molar-refractivity contribution is 6.10. The third kappa shape index (κ3) is 2.93. The summed E-state index contributed by atoms with van der Waals surface area (Å²) in [5.74, 6) is 1.16. The zero-order valence-corrected chi connectivity index (χ0v) is 15.6. The molecule has 0 unspecified atom stereocenters. The van der Waals surface area contributed by atoms with Gasteiger partial charge in [0.05, 0.1) is 18.1 Å². The molecule has 0 radical (unpaired) electrons. The van der Waals surface area contributed by atoms with Crippen LogP contribution in [-0.2, 0) is 0 Å². The van der Waals surface area contributed by atoms with Crippen molar-refractivity contribution in [1.82, 2.24) is 0 Å². The van der Waals surface area contributed by atoms with Crippen LogP contribution in [0.25, 0.3) is 33.1 Å². The second kappa shape index (κ2) is 6.87. The standard InChI is InChI=1S/C24H17NO4/c1-27-17-11-7-8-15(14-17)20-21-22(18-12-5-6-13-19(18)28-24(21)26)29-23(20)25-16-9-3-2-4-10-16/h2-14,25H,1H3. The number of methoxy groups -OCH3 is 1. The highest BCUT2D eigenvalue weighted by atomic mass is 16.5. The molecule has 0 aliphatic heterocycles. The van der Waals surface area contributed by atoms with Crippen molar-refractivity contribution >= 4 is 33.5 Å². The van der Waals surface area contributed by atoms with E-state index in [0.29, 0.717) is 33.7 Å². The first-order valence-corrected chi connectivity index (χ1v) is 9.19. The van der Waals surface area contributed by atoms with Gasteiger partial charge in [0.15, 0.2) is 5.58 Å². The van der Waals surface area contributed by atoms with Gasteiger partial charge in [-0.25, -0.2) is 4.79 Å². The Morgan fingerprint density at radius 3 is 2.48 bits per heavy atom. The van der Waals surface area contributed by atoms with E-state index in [1.165, 1.54) is 0 Å². The van der Waals surface area contributed by atoms with Gasteiger partial charge in [-0.15, -0.1) is 0 Å². The first-order chi connectivity index (χ1) is 14.2. The Morgan fingerprint density at radius 2 is 1.66 bits per heavy atom. The van der Waals surface area contributed by atoms with Crippen molar-refractivity contribution in [2.45, 2.75) is 0 Å². The Bertz CT molecular complexity index is 1380. The second-order valence-electron chi connectivity index (χ2n) is 6.62. The van der Waals surface area contributed by atoms with Gasteiger partial charge >= 0.3 is 5.63 Å². The van der Waals surface area contributed by atoms with Gasteiger partial charge in [-0.1, -0.05) is 42.5 Å². The summed E-state index contributed by atoms with van der Waals surface area (Å²) >= 11 is 0. The molecule has 0 spiro atoms. The SMILES string of the molecule is COc1cccc(-c2c(Nc3ccccc3)oc3c2c(=O)oc2ccccc23)c1. The van der Waals surface area contributed by atoms with Crippen LogP contribution >= 0.6 is 0 Å². The van der Waals surface area contributed by atoms with Gasteiger partial charge in [0.2, 0.25) is 5.88 Å². The third-order valence-electron chi connectivity index (χ3n) is 4.84. The van der Waals surface area contributed by atoms with Gasteiger partial charge in [-0.05, 0) is 42.0 Å². The van der Waals surface area contributed by atoms with Gasteiger partial charge in [0, 0.05) is 5.69 Å². The molecule has 1 N–H and O–H groups in total. The first-order valence-electron chi connectivity index (χ1n) is 9.19. The summed E-state index contributed by atoms with van der Waals surface area (Å²) in [5, 5.41) is 4.44. The third-order valence-corrected chi connectivity index (χ3v) is 4.84. The van der Waals surface area contributed by atoms with Crippen molar-refractivity contribution in [3.05, 3.63) is 89.3 Å². The quantitative estimate of drug-likeness (QED) is 0.388. The summed E-state index contributed by atoms with van der Waals surface area (Å²) in [4.78, 5) is 12.9. The van der Waals surface area contributed by atoms with Crippen LogP contribution in [0.1, 0.15) is 0 Å². The Hall–Kier alpha value is -3.99. The van der Waals surface area contributed by atoms with Crippen LogP contribution in [-0.4, -0.2) is 7.11 Å². The van der Waals surface area contributed by atoms with Crippen LogP contribution in [0.4, 0.5) is 11.6 Å². The minimum absolute atomic E-state index is 0.399. The lowest BCUT2D eigenvalue weighted by atomic mass is 10.0. The maximum atomic E-state index is 12.9. The summed E-state index contributed by atoms with van der Waals surface area (Å²) in [5.41, 5.74) is 2.83. The number of anilines is 2. The molecule has 0 aliphatic carbocycles. The van der Waals surface area contributed by atoms with E-state index < -0.39 is 5.63 Å². The van der Waals surface area contributed by atoms with Crippen molar-refractivity contribution in [2.75, 3.05) is 12.4 Å². The maximum Gasteiger partial charge on any atom is 0.348 e. The number of nitrogens with one attached hydrogen (secondary N) is 1. The van der Waals surface area contributed by atoms with E-state index in [0.717, 1.165) is 16.6 Å². The molecule has 0 aliphatic rings. The molecule has 0 atom stereocenters. The molecule has 5 nitrogen and oxygen atoms in total. The van der Waals surface area contributed by atoms with E-state index in [1.54, 1.807) is 13.2 Å². The van der Waals surface area contributed by atoms with E-state index >= 15 is 0 Å². The van der Waals surface area contributed by atoms with Gasteiger partial charge in [-0.2, -0.15) is 0 Å². The minimum atomic E-state index is -0.443. The van der Waals surface area contributed by atoms with Gasteiger partial charge in [-0.3, -0.25) is 0 Å². The van der Waals surface area contributed by atoms with Crippen LogP contribution < -0.4 is 15.7 Å². The van der Waals surface area contributed by atoms with E-state index in [1.807, 2.05) is 72.8 Å². The van der Waals surface area contributed by atoms with Crippen LogP contribution in [0, 0.1) is 0 Å². The summed E-state index contributed by atoms with van der Waals surface area (Å²) in [6.07, 6.45) is 0. The average molecular weight is 383 g/mol.